The van der Waals surface area contributed by atoms with E-state index in [-0.39, 0.29) is 16.6 Å². The second-order valence-electron chi connectivity index (χ2n) is 8.78. The molecule has 1 heterocycles. The summed E-state index contributed by atoms with van der Waals surface area (Å²) in [5.74, 6) is -0.399. The lowest BCUT2D eigenvalue weighted by Crippen LogP contribution is -2.29. The molecule has 1 aliphatic heterocycles. The minimum atomic E-state index is -4.02. The second kappa shape index (κ2) is 9.92. The number of nitrogens with zero attached hydrogens (tertiary/aromatic N) is 1. The number of carbonyl (C=O) groups is 2. The van der Waals surface area contributed by atoms with E-state index >= 15 is 0 Å². The highest BCUT2D eigenvalue weighted by molar-refractivity contribution is 7.87. The maximum absolute atomic E-state index is 13.0. The van der Waals surface area contributed by atoms with Crippen LogP contribution in [0.1, 0.15) is 50.2 Å². The van der Waals surface area contributed by atoms with E-state index in [9.17, 15) is 18.0 Å². The summed E-state index contributed by atoms with van der Waals surface area (Å²) >= 11 is 0. The van der Waals surface area contributed by atoms with Crippen molar-refractivity contribution in [2.75, 3.05) is 18.4 Å². The van der Waals surface area contributed by atoms with Crippen molar-refractivity contribution >= 4 is 27.6 Å². The van der Waals surface area contributed by atoms with Gasteiger partial charge in [0.15, 0.2) is 0 Å². The Morgan fingerprint density at radius 2 is 1.57 bits per heavy atom. The average Bonchev–Trinajstić information content (AvgIpc) is 3.36. The number of aryl methyl sites for hydroxylation is 3. The Hall–Kier alpha value is -3.65. The Bertz CT molecular complexity index is 1380. The Kier molecular flexibility index (Phi) is 6.93. The van der Waals surface area contributed by atoms with Crippen molar-refractivity contribution in [1.82, 2.24) is 4.90 Å². The molecule has 4 rings (SSSR count). The minimum Gasteiger partial charge on any atom is -0.379 e. The van der Waals surface area contributed by atoms with E-state index in [0.29, 0.717) is 35.5 Å². The third kappa shape index (κ3) is 5.38. The molecule has 1 aliphatic rings. The van der Waals surface area contributed by atoms with Crippen molar-refractivity contribution in [3.8, 4) is 5.75 Å². The second-order valence-corrected chi connectivity index (χ2v) is 10.3. The van der Waals surface area contributed by atoms with E-state index in [4.69, 9.17) is 4.18 Å². The van der Waals surface area contributed by atoms with Gasteiger partial charge in [-0.15, -0.1) is 0 Å². The Labute approximate surface area is 205 Å². The first-order valence-corrected chi connectivity index (χ1v) is 12.9. The van der Waals surface area contributed by atoms with Crippen molar-refractivity contribution in [2.45, 2.75) is 38.5 Å². The number of likely N-dealkylation sites (tertiary alicyclic amines) is 1. The van der Waals surface area contributed by atoms with Gasteiger partial charge >= 0.3 is 10.1 Å². The van der Waals surface area contributed by atoms with Gasteiger partial charge in [0.05, 0.1) is 11.3 Å². The fourth-order valence-electron chi connectivity index (χ4n) is 4.10. The van der Waals surface area contributed by atoms with Gasteiger partial charge < -0.3 is 14.4 Å². The van der Waals surface area contributed by atoms with Gasteiger partial charge in [-0.2, -0.15) is 8.42 Å². The molecule has 8 heteroatoms. The van der Waals surface area contributed by atoms with Crippen LogP contribution in [0.25, 0.3) is 0 Å². The number of amides is 2. The van der Waals surface area contributed by atoms with Gasteiger partial charge in [0.25, 0.3) is 11.8 Å². The van der Waals surface area contributed by atoms with Crippen LogP contribution in [0.2, 0.25) is 0 Å². The highest BCUT2D eigenvalue weighted by Crippen LogP contribution is 2.26. The van der Waals surface area contributed by atoms with Crippen LogP contribution in [-0.4, -0.2) is 38.2 Å². The molecule has 0 saturated carbocycles. The van der Waals surface area contributed by atoms with Crippen molar-refractivity contribution in [3.63, 3.8) is 0 Å². The van der Waals surface area contributed by atoms with Gasteiger partial charge in [-0.25, -0.2) is 0 Å². The Morgan fingerprint density at radius 1 is 0.886 bits per heavy atom. The number of benzene rings is 3. The number of rotatable bonds is 6. The molecule has 7 nitrogen and oxygen atoms in total. The normalized spacial score (nSPS) is 13.5. The lowest BCUT2D eigenvalue weighted by Gasteiger charge is -2.19. The summed E-state index contributed by atoms with van der Waals surface area (Å²) in [5.41, 5.74) is 3.42. The number of para-hydroxylation sites is 1. The average molecular weight is 493 g/mol. The molecule has 0 aliphatic carbocycles. The molecular formula is C27H28N2O5S. The van der Waals surface area contributed by atoms with Crippen LogP contribution in [0.5, 0.6) is 5.75 Å². The molecule has 182 valence electrons. The molecule has 0 aromatic heterocycles. The van der Waals surface area contributed by atoms with E-state index in [1.807, 2.05) is 26.0 Å². The largest absolute Gasteiger partial charge is 0.379 e. The highest BCUT2D eigenvalue weighted by Gasteiger charge is 2.24. The third-order valence-electron chi connectivity index (χ3n) is 6.07. The molecule has 1 saturated heterocycles. The van der Waals surface area contributed by atoms with E-state index in [0.717, 1.165) is 24.0 Å². The SMILES string of the molecule is Cc1ccc(C)c(S(=O)(=O)Oc2ccc(C(=O)Nc3c(C)cccc3C(=O)N3CCCC3)cc2)c1. The quantitative estimate of drug-likeness (QED) is 0.496. The summed E-state index contributed by atoms with van der Waals surface area (Å²) in [6, 6.07) is 16.3. The number of hydrogen-bond acceptors (Lipinski definition) is 5. The molecule has 3 aromatic rings. The van der Waals surface area contributed by atoms with Gasteiger partial charge in [-0.05, 0) is 86.7 Å². The molecular weight excluding hydrogens is 464 g/mol. The lowest BCUT2D eigenvalue weighted by atomic mass is 10.1. The van der Waals surface area contributed by atoms with Crippen molar-refractivity contribution in [1.29, 1.82) is 0 Å². The molecule has 0 spiro atoms. The summed E-state index contributed by atoms with van der Waals surface area (Å²) < 4.78 is 30.8. The van der Waals surface area contributed by atoms with E-state index < -0.39 is 16.0 Å². The van der Waals surface area contributed by atoms with Crippen LogP contribution in [-0.2, 0) is 10.1 Å². The number of hydrogen-bond donors (Lipinski definition) is 1. The molecule has 0 bridgehead atoms. The molecule has 2 amide bonds. The molecule has 0 radical (unpaired) electrons. The maximum Gasteiger partial charge on any atom is 0.339 e. The Balaban J connectivity index is 1.51. The number of carbonyl (C=O) groups excluding carboxylic acids is 2. The predicted octanol–water partition coefficient (Wildman–Crippen LogP) is 4.87. The monoisotopic (exact) mass is 492 g/mol. The van der Waals surface area contributed by atoms with Crippen LogP contribution < -0.4 is 9.50 Å². The van der Waals surface area contributed by atoms with Crippen LogP contribution in [0.4, 0.5) is 5.69 Å². The lowest BCUT2D eigenvalue weighted by molar-refractivity contribution is 0.0793. The zero-order valence-electron chi connectivity index (χ0n) is 20.0. The van der Waals surface area contributed by atoms with Crippen molar-refractivity contribution in [2.24, 2.45) is 0 Å². The molecule has 0 unspecified atom stereocenters. The molecule has 35 heavy (non-hydrogen) atoms. The van der Waals surface area contributed by atoms with Crippen LogP contribution >= 0.6 is 0 Å². The maximum atomic E-state index is 13.0. The molecule has 1 N–H and O–H groups in total. The summed E-state index contributed by atoms with van der Waals surface area (Å²) in [5, 5.41) is 2.86. The smallest absolute Gasteiger partial charge is 0.339 e. The van der Waals surface area contributed by atoms with Gasteiger partial charge in [0.1, 0.15) is 10.6 Å². The molecule has 3 aromatic carbocycles. The fraction of sp³-hybridized carbons (Fsp3) is 0.259. The van der Waals surface area contributed by atoms with Crippen LogP contribution in [0, 0.1) is 20.8 Å². The number of nitrogens with one attached hydrogen (secondary N) is 1. The first-order valence-electron chi connectivity index (χ1n) is 11.5. The Morgan fingerprint density at radius 3 is 2.26 bits per heavy atom. The van der Waals surface area contributed by atoms with Crippen molar-refractivity contribution in [3.05, 3.63) is 88.5 Å². The van der Waals surface area contributed by atoms with Crippen molar-refractivity contribution < 1.29 is 22.2 Å². The first kappa shape index (κ1) is 24.5. The van der Waals surface area contributed by atoms with Gasteiger partial charge in [0.2, 0.25) is 0 Å². The minimum absolute atomic E-state index is 0.0955. The molecule has 0 atom stereocenters. The fourth-order valence-corrected chi connectivity index (χ4v) is 5.35. The first-order chi connectivity index (χ1) is 16.7. The predicted molar refractivity (Wildman–Crippen MR) is 134 cm³/mol. The highest BCUT2D eigenvalue weighted by atomic mass is 32.2. The third-order valence-corrected chi connectivity index (χ3v) is 7.46. The summed E-state index contributed by atoms with van der Waals surface area (Å²) in [4.78, 5) is 27.9. The number of anilines is 1. The zero-order chi connectivity index (χ0) is 25.2. The summed E-state index contributed by atoms with van der Waals surface area (Å²) in [6.45, 7) is 6.78. The van der Waals surface area contributed by atoms with Gasteiger partial charge in [0, 0.05) is 18.7 Å². The zero-order valence-corrected chi connectivity index (χ0v) is 20.8. The van der Waals surface area contributed by atoms with Crippen LogP contribution in [0.3, 0.4) is 0 Å². The standard InChI is InChI=1S/C27H28N2O5S/c1-18-9-10-19(2)24(17-18)35(32,33)34-22-13-11-21(12-14-22)26(30)28-25-20(3)7-6-8-23(25)27(31)29-15-4-5-16-29/h6-14,17H,4-5,15-16H2,1-3H3,(H,28,30). The van der Waals surface area contributed by atoms with E-state index in [2.05, 4.69) is 5.32 Å². The van der Waals surface area contributed by atoms with Crippen LogP contribution in [0.15, 0.2) is 65.6 Å². The molecule has 1 fully saturated rings. The van der Waals surface area contributed by atoms with Gasteiger partial charge in [-0.3, -0.25) is 9.59 Å². The summed E-state index contributed by atoms with van der Waals surface area (Å²) in [7, 11) is -4.02. The van der Waals surface area contributed by atoms with E-state index in [1.165, 1.54) is 24.3 Å². The topological polar surface area (TPSA) is 92.8 Å². The summed E-state index contributed by atoms with van der Waals surface area (Å²) in [6.07, 6.45) is 1.96. The van der Waals surface area contributed by atoms with Gasteiger partial charge in [-0.1, -0.05) is 24.3 Å². The van der Waals surface area contributed by atoms with E-state index in [1.54, 1.807) is 36.1 Å².